The van der Waals surface area contributed by atoms with E-state index in [1.54, 1.807) is 26.2 Å². The molecule has 0 aliphatic heterocycles. The van der Waals surface area contributed by atoms with Crippen LogP contribution in [0.5, 0.6) is 11.5 Å². The highest BCUT2D eigenvalue weighted by molar-refractivity contribution is 6.01. The molecule has 8 nitrogen and oxygen atoms in total. The Bertz CT molecular complexity index is 693. The summed E-state index contributed by atoms with van der Waals surface area (Å²) in [4.78, 5) is 22.7. The molecule has 1 aromatic carbocycles. The molecule has 0 radical (unpaired) electrons. The van der Waals surface area contributed by atoms with E-state index in [2.05, 4.69) is 5.32 Å². The van der Waals surface area contributed by atoms with Crippen LogP contribution in [0.1, 0.15) is 18.9 Å². The molecule has 0 fully saturated rings. The van der Waals surface area contributed by atoms with Gasteiger partial charge in [0.2, 0.25) is 0 Å². The van der Waals surface area contributed by atoms with Crippen molar-refractivity contribution in [3.05, 3.63) is 29.3 Å². The smallest absolute Gasteiger partial charge is 0.341 e. The van der Waals surface area contributed by atoms with E-state index in [1.807, 2.05) is 6.07 Å². The van der Waals surface area contributed by atoms with Crippen LogP contribution in [0.2, 0.25) is 0 Å². The first-order valence-electron chi connectivity index (χ1n) is 8.02. The molecule has 0 aliphatic carbocycles. The van der Waals surface area contributed by atoms with Crippen molar-refractivity contribution in [3.8, 4) is 17.6 Å². The Kier molecular flexibility index (Phi) is 9.28. The van der Waals surface area contributed by atoms with E-state index in [0.717, 1.165) is 0 Å². The number of carbonyl (C=O) groups is 2. The number of nitrogens with one attached hydrogen (secondary N) is 1. The molecular weight excluding hydrogens is 340 g/mol. The van der Waals surface area contributed by atoms with Crippen LogP contribution in [0, 0.1) is 11.3 Å². The molecule has 0 spiro atoms. The number of ether oxygens (including phenoxy) is 3. The molecule has 0 aliphatic rings. The standard InChI is InChI=1S/C18H22N2O6/c1-3-25-16-10-13(5-6-15(16)26-12-17(21)22)9-14(11-19)18(23)20-7-4-8-24-2/h5-6,9-10H,3-4,7-8,12H2,1-2H3,(H,20,23)(H,21,22)/b14-9+. The normalized spacial score (nSPS) is 10.7. The first kappa shape index (κ1) is 21.0. The maximum atomic E-state index is 12.0. The van der Waals surface area contributed by atoms with Gasteiger partial charge in [0.1, 0.15) is 11.6 Å². The highest BCUT2D eigenvalue weighted by atomic mass is 16.5. The molecule has 2 N–H and O–H groups in total. The summed E-state index contributed by atoms with van der Waals surface area (Å²) in [7, 11) is 1.57. The van der Waals surface area contributed by atoms with Gasteiger partial charge < -0.3 is 24.6 Å². The lowest BCUT2D eigenvalue weighted by molar-refractivity contribution is -0.139. The predicted molar refractivity (Wildman–Crippen MR) is 93.8 cm³/mol. The van der Waals surface area contributed by atoms with Gasteiger partial charge in [-0.25, -0.2) is 4.79 Å². The van der Waals surface area contributed by atoms with Crippen molar-refractivity contribution in [1.29, 1.82) is 5.26 Å². The predicted octanol–water partition coefficient (Wildman–Crippen LogP) is 1.61. The number of hydrogen-bond acceptors (Lipinski definition) is 6. The van der Waals surface area contributed by atoms with Crippen LogP contribution in [0.15, 0.2) is 23.8 Å². The third kappa shape index (κ3) is 7.23. The summed E-state index contributed by atoms with van der Waals surface area (Å²) in [5.41, 5.74) is 0.504. The van der Waals surface area contributed by atoms with E-state index < -0.39 is 18.5 Å². The van der Waals surface area contributed by atoms with Gasteiger partial charge in [-0.15, -0.1) is 0 Å². The lowest BCUT2D eigenvalue weighted by atomic mass is 10.1. The van der Waals surface area contributed by atoms with Crippen LogP contribution in [-0.2, 0) is 14.3 Å². The molecule has 0 unspecified atom stereocenters. The van der Waals surface area contributed by atoms with Gasteiger partial charge in [-0.1, -0.05) is 6.07 Å². The van der Waals surface area contributed by atoms with Crippen molar-refractivity contribution in [2.45, 2.75) is 13.3 Å². The number of nitrogens with zero attached hydrogens (tertiary/aromatic N) is 1. The van der Waals surface area contributed by atoms with Gasteiger partial charge in [0, 0.05) is 20.3 Å². The number of benzene rings is 1. The zero-order valence-corrected chi connectivity index (χ0v) is 14.8. The second kappa shape index (κ2) is 11.5. The quantitative estimate of drug-likeness (QED) is 0.349. The number of carboxylic acids is 1. The second-order valence-corrected chi connectivity index (χ2v) is 5.09. The maximum Gasteiger partial charge on any atom is 0.341 e. The Morgan fingerprint density at radius 2 is 2.08 bits per heavy atom. The van der Waals surface area contributed by atoms with Crippen molar-refractivity contribution >= 4 is 18.0 Å². The van der Waals surface area contributed by atoms with Crippen LogP contribution in [-0.4, -0.2) is 50.5 Å². The molecule has 0 bridgehead atoms. The molecule has 0 heterocycles. The number of carboxylic acid groups (broad SMARTS) is 1. The molecule has 0 saturated heterocycles. The largest absolute Gasteiger partial charge is 0.490 e. The van der Waals surface area contributed by atoms with Crippen molar-refractivity contribution in [2.24, 2.45) is 0 Å². The molecule has 1 amide bonds. The maximum absolute atomic E-state index is 12.0. The summed E-state index contributed by atoms with van der Waals surface area (Å²) in [6.45, 7) is 2.54. The molecule has 0 aromatic heterocycles. The molecule has 1 aromatic rings. The summed E-state index contributed by atoms with van der Waals surface area (Å²) in [5, 5.41) is 20.6. The first-order valence-corrected chi connectivity index (χ1v) is 8.02. The number of nitriles is 1. The number of aliphatic carboxylic acids is 1. The van der Waals surface area contributed by atoms with Crippen LogP contribution in [0.25, 0.3) is 6.08 Å². The Morgan fingerprint density at radius 3 is 2.69 bits per heavy atom. The van der Waals surface area contributed by atoms with Crippen molar-refractivity contribution in [1.82, 2.24) is 5.32 Å². The Labute approximate surface area is 152 Å². The van der Waals surface area contributed by atoms with E-state index in [4.69, 9.17) is 19.3 Å². The van der Waals surface area contributed by atoms with Gasteiger partial charge in [0.05, 0.1) is 6.61 Å². The van der Waals surface area contributed by atoms with E-state index >= 15 is 0 Å². The fraction of sp³-hybridized carbons (Fsp3) is 0.389. The summed E-state index contributed by atoms with van der Waals surface area (Å²) < 4.78 is 15.5. The lowest BCUT2D eigenvalue weighted by Crippen LogP contribution is -2.26. The van der Waals surface area contributed by atoms with E-state index in [0.29, 0.717) is 37.5 Å². The van der Waals surface area contributed by atoms with E-state index in [-0.39, 0.29) is 11.3 Å². The second-order valence-electron chi connectivity index (χ2n) is 5.09. The van der Waals surface area contributed by atoms with Crippen LogP contribution < -0.4 is 14.8 Å². The summed E-state index contributed by atoms with van der Waals surface area (Å²) >= 11 is 0. The van der Waals surface area contributed by atoms with Gasteiger partial charge >= 0.3 is 5.97 Å². The van der Waals surface area contributed by atoms with Crippen molar-refractivity contribution in [2.75, 3.05) is 33.5 Å². The third-order valence-corrected chi connectivity index (χ3v) is 3.11. The fourth-order valence-electron chi connectivity index (χ4n) is 1.97. The van der Waals surface area contributed by atoms with Crippen LogP contribution >= 0.6 is 0 Å². The zero-order chi connectivity index (χ0) is 19.4. The monoisotopic (exact) mass is 362 g/mol. The topological polar surface area (TPSA) is 118 Å². The average molecular weight is 362 g/mol. The third-order valence-electron chi connectivity index (χ3n) is 3.11. The number of carbonyl (C=O) groups excluding carboxylic acids is 1. The zero-order valence-electron chi connectivity index (χ0n) is 14.8. The minimum Gasteiger partial charge on any atom is -0.490 e. The molecule has 26 heavy (non-hydrogen) atoms. The molecule has 1 rings (SSSR count). The summed E-state index contributed by atoms with van der Waals surface area (Å²) in [6, 6.07) is 6.58. The van der Waals surface area contributed by atoms with Gasteiger partial charge in [-0.2, -0.15) is 5.26 Å². The Morgan fingerprint density at radius 1 is 1.31 bits per heavy atom. The molecular formula is C18H22N2O6. The summed E-state index contributed by atoms with van der Waals surface area (Å²) in [6.07, 6.45) is 2.07. The Balaban J connectivity index is 2.92. The van der Waals surface area contributed by atoms with Gasteiger partial charge in [0.25, 0.3) is 5.91 Å². The lowest BCUT2D eigenvalue weighted by Gasteiger charge is -2.11. The van der Waals surface area contributed by atoms with Gasteiger partial charge in [-0.05, 0) is 37.1 Å². The van der Waals surface area contributed by atoms with Crippen molar-refractivity contribution < 1.29 is 28.9 Å². The van der Waals surface area contributed by atoms with Gasteiger partial charge in [0.15, 0.2) is 18.1 Å². The van der Waals surface area contributed by atoms with Gasteiger partial charge in [-0.3, -0.25) is 4.79 Å². The SMILES string of the molecule is CCOc1cc(/C=C(\C#N)C(=O)NCCCOC)ccc1OCC(=O)O. The van der Waals surface area contributed by atoms with Crippen LogP contribution in [0.3, 0.4) is 0 Å². The minimum atomic E-state index is -1.10. The number of rotatable bonds is 11. The highest BCUT2D eigenvalue weighted by Crippen LogP contribution is 2.29. The fourth-order valence-corrected chi connectivity index (χ4v) is 1.97. The highest BCUT2D eigenvalue weighted by Gasteiger charge is 2.11. The first-order chi connectivity index (χ1) is 12.5. The number of amides is 1. The number of methoxy groups -OCH3 is 1. The average Bonchev–Trinajstić information content (AvgIpc) is 2.62. The molecule has 8 heteroatoms. The molecule has 0 atom stereocenters. The number of hydrogen-bond donors (Lipinski definition) is 2. The molecule has 0 saturated carbocycles. The Hall–Kier alpha value is -3.05. The van der Waals surface area contributed by atoms with Crippen molar-refractivity contribution in [3.63, 3.8) is 0 Å². The summed E-state index contributed by atoms with van der Waals surface area (Å²) in [5.74, 6) is -0.977. The van der Waals surface area contributed by atoms with Crippen LogP contribution in [0.4, 0.5) is 0 Å². The van der Waals surface area contributed by atoms with E-state index in [1.165, 1.54) is 12.1 Å². The molecule has 140 valence electrons. The van der Waals surface area contributed by atoms with E-state index in [9.17, 15) is 14.9 Å². The minimum absolute atomic E-state index is 0.0518.